The lowest BCUT2D eigenvalue weighted by Crippen LogP contribution is -1.91. The van der Waals surface area contributed by atoms with Crippen molar-refractivity contribution in [3.63, 3.8) is 0 Å². The Morgan fingerprint density at radius 2 is 1.94 bits per heavy atom. The van der Waals surface area contributed by atoms with Gasteiger partial charge < -0.3 is 0 Å². The van der Waals surface area contributed by atoms with Crippen molar-refractivity contribution >= 4 is 11.9 Å². The van der Waals surface area contributed by atoms with Crippen LogP contribution in [-0.2, 0) is 0 Å². The van der Waals surface area contributed by atoms with Crippen molar-refractivity contribution in [3.05, 3.63) is 54.6 Å². The summed E-state index contributed by atoms with van der Waals surface area (Å²) in [6.45, 7) is 0. The Hall–Kier alpha value is -2.49. The van der Waals surface area contributed by atoms with Crippen LogP contribution < -0.4 is 0 Å². The zero-order valence-corrected chi connectivity index (χ0v) is 8.95. The maximum Gasteiger partial charge on any atom is 0.166 e. The second-order valence-corrected chi connectivity index (χ2v) is 3.66. The molecule has 3 aromatic heterocycles. The summed E-state index contributed by atoms with van der Waals surface area (Å²) >= 11 is 0. The maximum absolute atomic E-state index is 10.9. The van der Waals surface area contributed by atoms with Crippen LogP contribution in [0.5, 0.6) is 0 Å². The molecule has 82 valence electrons. The Morgan fingerprint density at radius 3 is 2.71 bits per heavy atom. The molecule has 4 nitrogen and oxygen atoms in total. The Balaban J connectivity index is 2.24. The van der Waals surface area contributed by atoms with Gasteiger partial charge in [0.2, 0.25) is 0 Å². The fourth-order valence-electron chi connectivity index (χ4n) is 1.79. The van der Waals surface area contributed by atoms with Crippen molar-refractivity contribution in [1.82, 2.24) is 14.4 Å². The summed E-state index contributed by atoms with van der Waals surface area (Å²) in [7, 11) is 0. The van der Waals surface area contributed by atoms with Gasteiger partial charge in [0.05, 0.1) is 11.4 Å². The smallest absolute Gasteiger partial charge is 0.166 e. The molecule has 0 aliphatic carbocycles. The number of fused-ring (bicyclic) bond motifs is 1. The second kappa shape index (κ2) is 3.83. The summed E-state index contributed by atoms with van der Waals surface area (Å²) in [5.74, 6) is 0. The Kier molecular flexibility index (Phi) is 2.19. The molecule has 0 spiro atoms. The molecular formula is C13H9N3O. The number of aldehydes is 1. The third-order valence-electron chi connectivity index (χ3n) is 2.62. The number of hydrogen-bond acceptors (Lipinski definition) is 3. The standard InChI is InChI=1S/C13H9N3O/c17-9-11-2-1-3-13-15-12(8-16(11)13)10-4-6-14-7-5-10/h1-9H. The summed E-state index contributed by atoms with van der Waals surface area (Å²) < 4.78 is 1.78. The van der Waals surface area contributed by atoms with Crippen LogP contribution in [0.4, 0.5) is 0 Å². The topological polar surface area (TPSA) is 47.3 Å². The highest BCUT2D eigenvalue weighted by Gasteiger charge is 2.05. The van der Waals surface area contributed by atoms with Gasteiger partial charge in [0.1, 0.15) is 5.65 Å². The maximum atomic E-state index is 10.9. The van der Waals surface area contributed by atoms with Crippen LogP contribution in [-0.4, -0.2) is 20.7 Å². The molecule has 0 saturated carbocycles. The van der Waals surface area contributed by atoms with Crippen molar-refractivity contribution in [2.45, 2.75) is 0 Å². The highest BCUT2D eigenvalue weighted by Crippen LogP contribution is 2.18. The van der Waals surface area contributed by atoms with Gasteiger partial charge >= 0.3 is 0 Å². The molecule has 0 aliphatic heterocycles. The lowest BCUT2D eigenvalue weighted by atomic mass is 10.2. The fraction of sp³-hybridized carbons (Fsp3) is 0. The predicted octanol–water partition coefficient (Wildman–Crippen LogP) is 2.21. The van der Waals surface area contributed by atoms with Crippen molar-refractivity contribution in [2.75, 3.05) is 0 Å². The predicted molar refractivity (Wildman–Crippen MR) is 63.8 cm³/mol. The molecule has 0 amide bonds. The molecule has 0 aromatic carbocycles. The first kappa shape index (κ1) is 9.72. The van der Waals surface area contributed by atoms with Crippen LogP contribution in [0.15, 0.2) is 48.9 Å². The minimum Gasteiger partial charge on any atom is -0.296 e. The van der Waals surface area contributed by atoms with E-state index in [2.05, 4.69) is 9.97 Å². The SMILES string of the molecule is O=Cc1cccc2nc(-c3ccncc3)cn12. The molecule has 4 heteroatoms. The quantitative estimate of drug-likeness (QED) is 0.626. The van der Waals surface area contributed by atoms with E-state index >= 15 is 0 Å². The van der Waals surface area contributed by atoms with Gasteiger partial charge in [0.15, 0.2) is 6.29 Å². The second-order valence-electron chi connectivity index (χ2n) is 3.66. The van der Waals surface area contributed by atoms with Crippen LogP contribution in [0, 0.1) is 0 Å². The largest absolute Gasteiger partial charge is 0.296 e. The van der Waals surface area contributed by atoms with Gasteiger partial charge in [0, 0.05) is 24.2 Å². The molecule has 3 heterocycles. The number of aromatic nitrogens is 3. The Bertz CT molecular complexity index is 673. The first-order chi connectivity index (χ1) is 8.38. The zero-order valence-electron chi connectivity index (χ0n) is 8.95. The molecule has 0 radical (unpaired) electrons. The molecule has 3 aromatic rings. The fourth-order valence-corrected chi connectivity index (χ4v) is 1.79. The molecule has 0 aliphatic rings. The minimum atomic E-state index is 0.593. The highest BCUT2D eigenvalue weighted by molar-refractivity contribution is 5.75. The minimum absolute atomic E-state index is 0.593. The van der Waals surface area contributed by atoms with Crippen molar-refractivity contribution in [3.8, 4) is 11.3 Å². The third kappa shape index (κ3) is 1.59. The van der Waals surface area contributed by atoms with E-state index < -0.39 is 0 Å². The van der Waals surface area contributed by atoms with E-state index in [9.17, 15) is 4.79 Å². The molecule has 17 heavy (non-hydrogen) atoms. The summed E-state index contributed by atoms with van der Waals surface area (Å²) in [5, 5.41) is 0. The monoisotopic (exact) mass is 223 g/mol. The van der Waals surface area contributed by atoms with Gasteiger partial charge in [-0.1, -0.05) is 6.07 Å². The molecular weight excluding hydrogens is 214 g/mol. The van der Waals surface area contributed by atoms with Crippen molar-refractivity contribution in [1.29, 1.82) is 0 Å². The van der Waals surface area contributed by atoms with E-state index in [0.29, 0.717) is 5.69 Å². The van der Waals surface area contributed by atoms with Crippen molar-refractivity contribution < 1.29 is 4.79 Å². The number of hydrogen-bond donors (Lipinski definition) is 0. The van der Waals surface area contributed by atoms with Crippen LogP contribution in [0.25, 0.3) is 16.9 Å². The first-order valence-electron chi connectivity index (χ1n) is 5.22. The molecule has 0 saturated heterocycles. The Morgan fingerprint density at radius 1 is 1.12 bits per heavy atom. The average molecular weight is 223 g/mol. The zero-order chi connectivity index (χ0) is 11.7. The molecule has 0 fully saturated rings. The van der Waals surface area contributed by atoms with Crippen molar-refractivity contribution in [2.24, 2.45) is 0 Å². The number of imidazole rings is 1. The number of pyridine rings is 2. The Labute approximate surface area is 97.6 Å². The summed E-state index contributed by atoms with van der Waals surface area (Å²) in [6, 6.07) is 9.24. The van der Waals surface area contributed by atoms with Gasteiger partial charge in [-0.05, 0) is 24.3 Å². The van der Waals surface area contributed by atoms with Gasteiger partial charge in [-0.15, -0.1) is 0 Å². The summed E-state index contributed by atoms with van der Waals surface area (Å²) in [4.78, 5) is 19.3. The number of nitrogens with zero attached hydrogens (tertiary/aromatic N) is 3. The molecule has 0 N–H and O–H groups in total. The summed E-state index contributed by atoms with van der Waals surface area (Å²) in [6.07, 6.45) is 6.12. The normalized spacial score (nSPS) is 10.6. The highest BCUT2D eigenvalue weighted by atomic mass is 16.1. The molecule has 3 rings (SSSR count). The van der Waals surface area contributed by atoms with E-state index in [1.807, 2.05) is 30.5 Å². The number of carbonyl (C=O) groups is 1. The van der Waals surface area contributed by atoms with Crippen LogP contribution in [0.1, 0.15) is 10.5 Å². The van der Waals surface area contributed by atoms with E-state index in [1.165, 1.54) is 0 Å². The third-order valence-corrected chi connectivity index (χ3v) is 2.62. The van der Waals surface area contributed by atoms with Crippen LogP contribution in [0.2, 0.25) is 0 Å². The molecule has 0 bridgehead atoms. The first-order valence-corrected chi connectivity index (χ1v) is 5.22. The number of carbonyl (C=O) groups excluding carboxylic acids is 1. The lowest BCUT2D eigenvalue weighted by Gasteiger charge is -1.95. The van der Waals surface area contributed by atoms with Gasteiger partial charge in [0.25, 0.3) is 0 Å². The van der Waals surface area contributed by atoms with E-state index in [4.69, 9.17) is 0 Å². The van der Waals surface area contributed by atoms with Crippen LogP contribution in [0.3, 0.4) is 0 Å². The van der Waals surface area contributed by atoms with E-state index in [-0.39, 0.29) is 0 Å². The molecule has 0 atom stereocenters. The van der Waals surface area contributed by atoms with Gasteiger partial charge in [-0.25, -0.2) is 4.98 Å². The molecule has 0 unspecified atom stereocenters. The summed E-state index contributed by atoms with van der Waals surface area (Å²) in [5.41, 5.74) is 3.18. The van der Waals surface area contributed by atoms with Gasteiger partial charge in [-0.2, -0.15) is 0 Å². The lowest BCUT2D eigenvalue weighted by molar-refractivity contribution is 0.111. The van der Waals surface area contributed by atoms with Crippen LogP contribution >= 0.6 is 0 Å². The van der Waals surface area contributed by atoms with E-state index in [1.54, 1.807) is 22.9 Å². The van der Waals surface area contributed by atoms with E-state index in [0.717, 1.165) is 23.2 Å². The average Bonchev–Trinajstić information content (AvgIpc) is 2.83. The number of rotatable bonds is 2. The van der Waals surface area contributed by atoms with Gasteiger partial charge in [-0.3, -0.25) is 14.2 Å².